The normalized spacial score (nSPS) is 16.7. The Bertz CT molecular complexity index is 944. The molecule has 0 saturated carbocycles. The third-order valence-electron chi connectivity index (χ3n) is 4.37. The summed E-state index contributed by atoms with van der Waals surface area (Å²) >= 11 is 1.51. The molecule has 0 aromatic carbocycles. The quantitative estimate of drug-likeness (QED) is 0.668. The van der Waals surface area contributed by atoms with Gasteiger partial charge < -0.3 is 14.2 Å². The van der Waals surface area contributed by atoms with Gasteiger partial charge in [0.1, 0.15) is 12.4 Å². The summed E-state index contributed by atoms with van der Waals surface area (Å²) in [6.07, 6.45) is 2.01. The lowest BCUT2D eigenvalue weighted by atomic mass is 10.3. The number of thiophene rings is 1. The maximum atomic E-state index is 14.2. The Balaban J connectivity index is 1.41. The predicted octanol–water partition coefficient (Wildman–Crippen LogP) is 3.19. The van der Waals surface area contributed by atoms with Crippen LogP contribution in [0.5, 0.6) is 5.88 Å². The Morgan fingerprint density at radius 3 is 3.15 bits per heavy atom. The molecular weight excluding hydrogens is 371 g/mol. The highest BCUT2D eigenvalue weighted by molar-refractivity contribution is 7.13. The fraction of sp³-hybridized carbons (Fsp3) is 0.333. The van der Waals surface area contributed by atoms with E-state index in [0.717, 1.165) is 4.88 Å². The molecule has 1 aliphatic rings. The minimum Gasteiger partial charge on any atom is -0.470 e. The van der Waals surface area contributed by atoms with Gasteiger partial charge in [-0.05, 0) is 17.9 Å². The number of rotatable bonds is 5. The number of amides is 1. The van der Waals surface area contributed by atoms with Crippen LogP contribution in [0.2, 0.25) is 0 Å². The molecule has 4 rings (SSSR count). The fourth-order valence-corrected chi connectivity index (χ4v) is 3.63. The van der Waals surface area contributed by atoms with Gasteiger partial charge in [0.2, 0.25) is 5.82 Å². The van der Waals surface area contributed by atoms with Crippen LogP contribution in [0.1, 0.15) is 29.5 Å². The number of aryl methyl sites for hydroxylation is 1. The smallest absolute Gasteiger partial charge is 0.276 e. The zero-order valence-corrected chi connectivity index (χ0v) is 15.4. The summed E-state index contributed by atoms with van der Waals surface area (Å²) in [6, 6.07) is 5.45. The number of nitrogens with zero attached hydrogens (tertiary/aromatic N) is 4. The van der Waals surface area contributed by atoms with E-state index in [1.54, 1.807) is 11.0 Å². The molecule has 0 bridgehead atoms. The molecule has 3 aromatic rings. The van der Waals surface area contributed by atoms with Crippen molar-refractivity contribution in [2.45, 2.75) is 25.9 Å². The molecule has 7 nitrogen and oxygen atoms in total. The van der Waals surface area contributed by atoms with Crippen LogP contribution in [0, 0.1) is 5.82 Å². The number of aromatic nitrogens is 3. The van der Waals surface area contributed by atoms with Gasteiger partial charge in [-0.15, -0.1) is 11.3 Å². The second-order valence-corrected chi connectivity index (χ2v) is 7.07. The van der Waals surface area contributed by atoms with Gasteiger partial charge in [0, 0.05) is 19.0 Å². The Labute approximate surface area is 158 Å². The van der Waals surface area contributed by atoms with Crippen LogP contribution in [0.4, 0.5) is 4.39 Å². The molecule has 1 fully saturated rings. The molecule has 27 heavy (non-hydrogen) atoms. The van der Waals surface area contributed by atoms with E-state index < -0.39 is 5.82 Å². The molecule has 0 unspecified atom stereocenters. The molecule has 140 valence electrons. The summed E-state index contributed by atoms with van der Waals surface area (Å²) in [7, 11) is 0. The van der Waals surface area contributed by atoms with E-state index in [9.17, 15) is 9.18 Å². The van der Waals surface area contributed by atoms with Crippen LogP contribution in [0.3, 0.4) is 0 Å². The molecule has 1 amide bonds. The van der Waals surface area contributed by atoms with Crippen LogP contribution >= 0.6 is 11.3 Å². The van der Waals surface area contributed by atoms with Crippen molar-refractivity contribution in [3.8, 4) is 16.5 Å². The molecule has 9 heteroatoms. The fourth-order valence-electron chi connectivity index (χ4n) is 2.96. The molecule has 0 radical (unpaired) electrons. The molecule has 1 saturated heterocycles. The summed E-state index contributed by atoms with van der Waals surface area (Å²) in [5.74, 6) is -0.273. The topological polar surface area (TPSA) is 81.4 Å². The molecule has 0 spiro atoms. The van der Waals surface area contributed by atoms with Crippen LogP contribution in [0.15, 0.2) is 34.4 Å². The van der Waals surface area contributed by atoms with Gasteiger partial charge >= 0.3 is 0 Å². The minimum absolute atomic E-state index is 0.0671. The summed E-state index contributed by atoms with van der Waals surface area (Å²) in [5.41, 5.74) is 0.565. The predicted molar refractivity (Wildman–Crippen MR) is 96.1 cm³/mol. The van der Waals surface area contributed by atoms with Gasteiger partial charge in [-0.3, -0.25) is 4.79 Å². The van der Waals surface area contributed by atoms with E-state index in [0.29, 0.717) is 37.4 Å². The average molecular weight is 388 g/mol. The number of carbonyl (C=O) groups is 1. The lowest BCUT2D eigenvalue weighted by Gasteiger charge is -2.16. The van der Waals surface area contributed by atoms with E-state index in [4.69, 9.17) is 9.26 Å². The van der Waals surface area contributed by atoms with Gasteiger partial charge in [0.25, 0.3) is 11.8 Å². The van der Waals surface area contributed by atoms with Crippen molar-refractivity contribution >= 4 is 17.2 Å². The largest absolute Gasteiger partial charge is 0.470 e. The van der Waals surface area contributed by atoms with Crippen LogP contribution < -0.4 is 4.74 Å². The van der Waals surface area contributed by atoms with Crippen LogP contribution in [0.25, 0.3) is 10.6 Å². The first kappa shape index (κ1) is 17.6. The van der Waals surface area contributed by atoms with E-state index in [1.165, 1.54) is 17.7 Å². The van der Waals surface area contributed by atoms with Crippen molar-refractivity contribution in [2.75, 3.05) is 13.1 Å². The first-order chi connectivity index (χ1) is 13.2. The third-order valence-corrected chi connectivity index (χ3v) is 5.25. The summed E-state index contributed by atoms with van der Waals surface area (Å²) < 4.78 is 25.2. The van der Waals surface area contributed by atoms with Crippen molar-refractivity contribution in [2.24, 2.45) is 0 Å². The zero-order chi connectivity index (χ0) is 18.8. The van der Waals surface area contributed by atoms with Crippen molar-refractivity contribution in [3.63, 3.8) is 0 Å². The van der Waals surface area contributed by atoms with E-state index in [2.05, 4.69) is 15.1 Å². The highest BCUT2D eigenvalue weighted by Crippen LogP contribution is 2.26. The highest BCUT2D eigenvalue weighted by Gasteiger charge is 2.31. The lowest BCUT2D eigenvalue weighted by Crippen LogP contribution is -2.31. The second-order valence-electron chi connectivity index (χ2n) is 6.13. The van der Waals surface area contributed by atoms with Crippen LogP contribution in [-0.4, -0.2) is 45.1 Å². The SMILES string of the molecule is CCc1ncnc(O[C@H]2CCN(C(=O)c3cc(-c4cccs4)on3)C2)c1F. The monoisotopic (exact) mass is 388 g/mol. The number of hydrogen-bond acceptors (Lipinski definition) is 7. The van der Waals surface area contributed by atoms with E-state index in [1.807, 2.05) is 24.4 Å². The second kappa shape index (κ2) is 7.43. The molecule has 1 aliphatic heterocycles. The number of likely N-dealkylation sites (tertiary alicyclic amines) is 1. The number of carbonyl (C=O) groups excluding carboxylic acids is 1. The summed E-state index contributed by atoms with van der Waals surface area (Å²) in [5, 5.41) is 5.81. The van der Waals surface area contributed by atoms with Crippen molar-refractivity contribution in [1.29, 1.82) is 0 Å². The molecule has 4 heterocycles. The summed E-state index contributed by atoms with van der Waals surface area (Å²) in [4.78, 5) is 22.9. The Morgan fingerprint density at radius 2 is 2.37 bits per heavy atom. The Morgan fingerprint density at radius 1 is 1.48 bits per heavy atom. The Hall–Kier alpha value is -2.81. The van der Waals surface area contributed by atoms with Crippen molar-refractivity contribution < 1.29 is 18.4 Å². The molecule has 1 atom stereocenters. The summed E-state index contributed by atoms with van der Waals surface area (Å²) in [6.45, 7) is 2.65. The average Bonchev–Trinajstić information content (AvgIpc) is 3.43. The zero-order valence-electron chi connectivity index (χ0n) is 14.6. The maximum absolute atomic E-state index is 14.2. The van der Waals surface area contributed by atoms with E-state index in [-0.39, 0.29) is 23.6 Å². The molecule has 0 aliphatic carbocycles. The maximum Gasteiger partial charge on any atom is 0.276 e. The standard InChI is InChI=1S/C18H17FN4O3S/c1-2-12-16(19)17(21-10-20-12)25-11-5-6-23(9-11)18(24)13-8-14(26-22-13)15-4-3-7-27-15/h3-4,7-8,10-11H,2,5-6,9H2,1H3/t11-/m0/s1. The number of halogens is 1. The molecular formula is C18H17FN4O3S. The number of ether oxygens (including phenoxy) is 1. The van der Waals surface area contributed by atoms with Gasteiger partial charge in [0.05, 0.1) is 17.1 Å². The highest BCUT2D eigenvalue weighted by atomic mass is 32.1. The number of hydrogen-bond donors (Lipinski definition) is 0. The van der Waals surface area contributed by atoms with Crippen molar-refractivity contribution in [1.82, 2.24) is 20.0 Å². The van der Waals surface area contributed by atoms with Crippen molar-refractivity contribution in [3.05, 3.63) is 47.1 Å². The van der Waals surface area contributed by atoms with Gasteiger partial charge in [-0.25, -0.2) is 4.98 Å². The molecule has 0 N–H and O–H groups in total. The minimum atomic E-state index is -0.540. The first-order valence-electron chi connectivity index (χ1n) is 8.61. The van der Waals surface area contributed by atoms with Gasteiger partial charge in [-0.2, -0.15) is 9.37 Å². The Kier molecular flexibility index (Phi) is 4.85. The molecule has 3 aromatic heterocycles. The van der Waals surface area contributed by atoms with Gasteiger partial charge in [-0.1, -0.05) is 18.1 Å². The van der Waals surface area contributed by atoms with Gasteiger partial charge in [0.15, 0.2) is 11.5 Å². The lowest BCUT2D eigenvalue weighted by molar-refractivity contribution is 0.0759. The third kappa shape index (κ3) is 3.55. The van der Waals surface area contributed by atoms with Crippen LogP contribution in [-0.2, 0) is 6.42 Å². The first-order valence-corrected chi connectivity index (χ1v) is 9.49. The van der Waals surface area contributed by atoms with E-state index >= 15 is 0 Å².